The van der Waals surface area contributed by atoms with Crippen molar-refractivity contribution >= 4 is 17.4 Å². The number of amides is 1. The van der Waals surface area contributed by atoms with Gasteiger partial charge < -0.3 is 10.2 Å². The molecule has 0 radical (unpaired) electrons. The van der Waals surface area contributed by atoms with Crippen molar-refractivity contribution in [3.8, 4) is 11.8 Å². The van der Waals surface area contributed by atoms with E-state index < -0.39 is 17.6 Å². The molecule has 0 spiro atoms. The van der Waals surface area contributed by atoms with Crippen LogP contribution in [0.3, 0.4) is 0 Å². The van der Waals surface area contributed by atoms with Gasteiger partial charge in [0.15, 0.2) is 0 Å². The second kappa shape index (κ2) is 12.7. The van der Waals surface area contributed by atoms with E-state index in [0.717, 1.165) is 19.2 Å². The van der Waals surface area contributed by atoms with Crippen LogP contribution in [0, 0.1) is 11.8 Å². The number of hydrogen-bond acceptors (Lipinski definition) is 6. The number of nitrogens with one attached hydrogen (secondary N) is 1. The second-order valence-corrected chi connectivity index (χ2v) is 9.05. The molecule has 1 aliphatic rings. The molecule has 8 nitrogen and oxygen atoms in total. The highest BCUT2D eigenvalue weighted by molar-refractivity contribution is 6.04. The quantitative estimate of drug-likeness (QED) is 0.376. The molecule has 1 aromatic carbocycles. The number of carbonyl (C=O) groups is 1. The van der Waals surface area contributed by atoms with Gasteiger partial charge in [0.1, 0.15) is 5.69 Å². The number of likely N-dealkylation sites (N-methyl/N-ethyl adjacent to an activating group) is 1. The van der Waals surface area contributed by atoms with Crippen molar-refractivity contribution in [1.29, 1.82) is 0 Å². The van der Waals surface area contributed by atoms with E-state index in [9.17, 15) is 18.0 Å². The molecule has 1 fully saturated rings. The van der Waals surface area contributed by atoms with Crippen LogP contribution < -0.4 is 5.32 Å². The molecule has 0 unspecified atom stereocenters. The summed E-state index contributed by atoms with van der Waals surface area (Å²) in [5, 5.41) is 2.56. The van der Waals surface area contributed by atoms with Gasteiger partial charge in [0.05, 0.1) is 17.3 Å². The van der Waals surface area contributed by atoms with Crippen LogP contribution in [-0.2, 0) is 12.7 Å². The molecule has 3 aromatic heterocycles. The average molecular weight is 550 g/mol. The van der Waals surface area contributed by atoms with Crippen LogP contribution in [0.1, 0.15) is 46.6 Å². The third-order valence-corrected chi connectivity index (χ3v) is 6.29. The van der Waals surface area contributed by atoms with Crippen LogP contribution >= 0.6 is 0 Å². The van der Waals surface area contributed by atoms with Crippen LogP contribution in [0.5, 0.6) is 0 Å². The maximum Gasteiger partial charge on any atom is 0.416 e. The van der Waals surface area contributed by atoms with E-state index in [-0.39, 0.29) is 23.4 Å². The standard InChI is InChI=1S/C27H24F3N7O.C2H6/c1-35-9-11-36(12-10-35)18-20-4-5-22(14-24(20)27(28,29)30)34-25(38)21-13-19(15-31-16-21)3-6-23-17-33-26-32-7-2-8-37(23)26;1-2/h2,4-5,7-8,13-17H,9-12,18H2,1H3,(H,34,38);1-2H3. The van der Waals surface area contributed by atoms with Gasteiger partial charge in [0, 0.05) is 68.8 Å². The Morgan fingerprint density at radius 3 is 2.55 bits per heavy atom. The van der Waals surface area contributed by atoms with Crippen molar-refractivity contribution in [3.63, 3.8) is 0 Å². The Morgan fingerprint density at radius 2 is 1.80 bits per heavy atom. The number of rotatable bonds is 4. The number of carbonyl (C=O) groups excluding carboxylic acids is 1. The Balaban J connectivity index is 0.00000181. The second-order valence-electron chi connectivity index (χ2n) is 9.05. The van der Waals surface area contributed by atoms with Crippen molar-refractivity contribution in [1.82, 2.24) is 29.2 Å². The summed E-state index contributed by atoms with van der Waals surface area (Å²) in [6.45, 7) is 7.22. The molecule has 4 heterocycles. The number of piperazine rings is 1. The zero-order chi connectivity index (χ0) is 28.7. The predicted molar refractivity (Wildman–Crippen MR) is 147 cm³/mol. The van der Waals surface area contributed by atoms with Gasteiger partial charge in [-0.15, -0.1) is 0 Å². The number of halogens is 3. The van der Waals surface area contributed by atoms with Crippen LogP contribution in [0.25, 0.3) is 5.78 Å². The molecular weight excluding hydrogens is 519 g/mol. The Morgan fingerprint density at radius 1 is 1.02 bits per heavy atom. The van der Waals surface area contributed by atoms with Crippen molar-refractivity contribution in [3.05, 3.63) is 89.3 Å². The monoisotopic (exact) mass is 549 g/mol. The smallest absolute Gasteiger partial charge is 0.322 e. The Labute approximate surface area is 230 Å². The molecule has 1 amide bonds. The number of benzene rings is 1. The number of fused-ring (bicyclic) bond motifs is 1. The molecule has 1 aliphatic heterocycles. The van der Waals surface area contributed by atoms with Crippen LogP contribution in [0.15, 0.2) is 61.3 Å². The first-order valence-corrected chi connectivity index (χ1v) is 12.9. The number of nitrogens with zero attached hydrogens (tertiary/aromatic N) is 6. The third-order valence-electron chi connectivity index (χ3n) is 6.29. The first kappa shape index (κ1) is 28.7. The molecule has 5 rings (SSSR count). The van der Waals surface area contributed by atoms with E-state index in [1.165, 1.54) is 30.6 Å². The zero-order valence-corrected chi connectivity index (χ0v) is 22.5. The average Bonchev–Trinajstić information content (AvgIpc) is 3.38. The summed E-state index contributed by atoms with van der Waals surface area (Å²) in [6, 6.07) is 7.20. The Bertz CT molecular complexity index is 1530. The van der Waals surface area contributed by atoms with E-state index in [1.807, 2.05) is 25.8 Å². The van der Waals surface area contributed by atoms with E-state index in [0.29, 0.717) is 30.1 Å². The molecule has 11 heteroatoms. The lowest BCUT2D eigenvalue weighted by Crippen LogP contribution is -2.44. The normalized spacial score (nSPS) is 14.2. The first-order valence-electron chi connectivity index (χ1n) is 12.9. The molecule has 0 aliphatic carbocycles. The van der Waals surface area contributed by atoms with Gasteiger partial charge in [-0.3, -0.25) is 19.1 Å². The molecule has 40 heavy (non-hydrogen) atoms. The fourth-order valence-electron chi connectivity index (χ4n) is 4.20. The summed E-state index contributed by atoms with van der Waals surface area (Å²) in [6.07, 6.45) is 3.29. The summed E-state index contributed by atoms with van der Waals surface area (Å²) in [4.78, 5) is 29.4. The van der Waals surface area contributed by atoms with Gasteiger partial charge in [-0.25, -0.2) is 9.97 Å². The summed E-state index contributed by atoms with van der Waals surface area (Å²) in [5.41, 5.74) is 0.733. The van der Waals surface area contributed by atoms with Gasteiger partial charge in [0.2, 0.25) is 5.78 Å². The molecule has 0 saturated carbocycles. The van der Waals surface area contributed by atoms with Crippen molar-refractivity contribution in [2.75, 3.05) is 38.5 Å². The van der Waals surface area contributed by atoms with E-state index in [1.54, 1.807) is 29.1 Å². The molecular formula is C29H30F3N7O. The SMILES string of the molecule is CC.CN1CCN(Cc2ccc(NC(=O)c3cncc(C#Cc4cnc5ncccn45)c3)cc2C(F)(F)F)CC1. The van der Waals surface area contributed by atoms with Gasteiger partial charge >= 0.3 is 6.18 Å². The zero-order valence-electron chi connectivity index (χ0n) is 22.5. The summed E-state index contributed by atoms with van der Waals surface area (Å²) >= 11 is 0. The van der Waals surface area contributed by atoms with Gasteiger partial charge in [-0.05, 0) is 42.8 Å². The Hall–Kier alpha value is -4.27. The molecule has 0 atom stereocenters. The highest BCUT2D eigenvalue weighted by atomic mass is 19.4. The van der Waals surface area contributed by atoms with Crippen molar-refractivity contribution < 1.29 is 18.0 Å². The van der Waals surface area contributed by atoms with Crippen LogP contribution in [0.2, 0.25) is 0 Å². The fourth-order valence-corrected chi connectivity index (χ4v) is 4.20. The summed E-state index contributed by atoms with van der Waals surface area (Å²) in [7, 11) is 1.99. The van der Waals surface area contributed by atoms with Gasteiger partial charge in [-0.1, -0.05) is 25.8 Å². The number of hydrogen-bond donors (Lipinski definition) is 1. The maximum absolute atomic E-state index is 13.9. The molecule has 1 saturated heterocycles. The highest BCUT2D eigenvalue weighted by Crippen LogP contribution is 2.34. The maximum atomic E-state index is 13.9. The largest absolute Gasteiger partial charge is 0.416 e. The lowest BCUT2D eigenvalue weighted by molar-refractivity contribution is -0.138. The highest BCUT2D eigenvalue weighted by Gasteiger charge is 2.34. The minimum atomic E-state index is -4.55. The topological polar surface area (TPSA) is 78.7 Å². The first-order chi connectivity index (χ1) is 19.3. The number of anilines is 1. The number of alkyl halides is 3. The minimum absolute atomic E-state index is 0.0548. The number of imidazole rings is 1. The lowest BCUT2D eigenvalue weighted by Gasteiger charge is -2.33. The van der Waals surface area contributed by atoms with Crippen molar-refractivity contribution in [2.24, 2.45) is 0 Å². The minimum Gasteiger partial charge on any atom is -0.322 e. The van der Waals surface area contributed by atoms with Gasteiger partial charge in [0.25, 0.3) is 5.91 Å². The molecule has 1 N–H and O–H groups in total. The van der Waals surface area contributed by atoms with E-state index in [2.05, 4.69) is 37.0 Å². The molecule has 208 valence electrons. The molecule has 4 aromatic rings. The van der Waals surface area contributed by atoms with Crippen molar-refractivity contribution in [2.45, 2.75) is 26.6 Å². The van der Waals surface area contributed by atoms with E-state index in [4.69, 9.17) is 0 Å². The molecule has 0 bridgehead atoms. The van der Waals surface area contributed by atoms with E-state index >= 15 is 0 Å². The third kappa shape index (κ3) is 7.02. The lowest BCUT2D eigenvalue weighted by atomic mass is 10.0. The predicted octanol–water partition coefficient (Wildman–Crippen LogP) is 4.57. The van der Waals surface area contributed by atoms with Crippen LogP contribution in [0.4, 0.5) is 18.9 Å². The fraction of sp³-hybridized carbons (Fsp3) is 0.310. The summed E-state index contributed by atoms with van der Waals surface area (Å²) in [5.74, 6) is 5.84. The Kier molecular flexibility index (Phi) is 9.14. The number of pyridine rings is 1. The number of aromatic nitrogens is 4. The summed E-state index contributed by atoms with van der Waals surface area (Å²) < 4.78 is 43.4. The van der Waals surface area contributed by atoms with Gasteiger partial charge in [-0.2, -0.15) is 13.2 Å². The van der Waals surface area contributed by atoms with Crippen LogP contribution in [-0.4, -0.2) is 68.3 Å².